The summed E-state index contributed by atoms with van der Waals surface area (Å²) in [6.45, 7) is 0. The molecule has 0 bridgehead atoms. The number of methoxy groups -OCH3 is 2. The minimum atomic E-state index is -1.52. The van der Waals surface area contributed by atoms with E-state index in [0.29, 0.717) is 22.3 Å². The largest absolute Gasteiger partial charge is 0.492 e. The first-order chi connectivity index (χ1) is 25.3. The van der Waals surface area contributed by atoms with Crippen LogP contribution < -0.4 is 14.9 Å². The van der Waals surface area contributed by atoms with Gasteiger partial charge in [0.2, 0.25) is 0 Å². The Balaban J connectivity index is 0.000000145. The van der Waals surface area contributed by atoms with E-state index in [2.05, 4.69) is 20.7 Å². The molecule has 0 spiro atoms. The van der Waals surface area contributed by atoms with Gasteiger partial charge in [-0.3, -0.25) is 0 Å². The highest BCUT2D eigenvalue weighted by Gasteiger charge is 2.26. The average Bonchev–Trinajstić information content (AvgIpc) is 3.18. The summed E-state index contributed by atoms with van der Waals surface area (Å²) >= 11 is 6.47. The third-order valence-electron chi connectivity index (χ3n) is 7.73. The fraction of sp³-hybridized carbons (Fsp3) is 0.0500. The number of benzene rings is 6. The number of ether oxygens (including phenoxy) is 4. The van der Waals surface area contributed by atoms with Gasteiger partial charge in [-0.05, 0) is 76.1 Å². The van der Waals surface area contributed by atoms with Gasteiger partial charge in [-0.25, -0.2) is 9.59 Å². The Labute approximate surface area is 318 Å². The van der Waals surface area contributed by atoms with Gasteiger partial charge in [-0.15, -0.1) is 0 Å². The molecule has 0 saturated heterocycles. The van der Waals surface area contributed by atoms with Crippen LogP contribution in [-0.2, 0) is 9.47 Å². The molecule has 2 aliphatic heterocycles. The maximum atomic E-state index is 12.1. The lowest BCUT2D eigenvalue weighted by atomic mass is 9.79. The van der Waals surface area contributed by atoms with Crippen LogP contribution in [0, 0.1) is 0 Å². The minimum absolute atomic E-state index is 0.322. The van der Waals surface area contributed by atoms with Crippen molar-refractivity contribution in [3.8, 4) is 34.1 Å². The summed E-state index contributed by atoms with van der Waals surface area (Å²) in [5, 5.41) is 18.6. The minimum Gasteiger partial charge on any atom is -0.465 e. The standard InChI is InChI=1S/C20H14O3S.C12H9BO3S.C8H7BrO2/c1-22-20(21)15-8-3-2-7-13(15)14-9-6-12-18-19(14)23-16-10-4-5-11-17(16)24-18;14-13(15)8-4-3-7-11-12(8)16-9-5-1-2-6-10(9)17-11;1-11-8(10)6-4-2-3-5-7(6)9/h2-12H,1H3;1-7,14-15H;2-5H,1H3. The van der Waals surface area contributed by atoms with E-state index in [1.807, 2.05) is 97.1 Å². The molecule has 0 aliphatic carbocycles. The van der Waals surface area contributed by atoms with Crippen molar-refractivity contribution in [2.24, 2.45) is 0 Å². The molecule has 0 unspecified atom stereocenters. The third kappa shape index (κ3) is 8.22. The molecule has 0 fully saturated rings. The van der Waals surface area contributed by atoms with Crippen LogP contribution in [0.3, 0.4) is 0 Å². The van der Waals surface area contributed by atoms with Crippen molar-refractivity contribution in [3.05, 3.63) is 149 Å². The monoisotopic (exact) mass is 792 g/mol. The van der Waals surface area contributed by atoms with Crippen molar-refractivity contribution in [2.45, 2.75) is 19.6 Å². The van der Waals surface area contributed by atoms with Crippen molar-refractivity contribution in [3.63, 3.8) is 0 Å². The lowest BCUT2D eigenvalue weighted by Gasteiger charge is -2.22. The Morgan fingerprint density at radius 3 is 1.63 bits per heavy atom. The van der Waals surface area contributed by atoms with Crippen LogP contribution in [0.5, 0.6) is 23.0 Å². The number of carbonyl (C=O) groups is 2. The Morgan fingerprint density at radius 1 is 0.558 bits per heavy atom. The summed E-state index contributed by atoms with van der Waals surface area (Å²) in [6.07, 6.45) is 0. The van der Waals surface area contributed by atoms with Crippen molar-refractivity contribution < 1.29 is 38.6 Å². The zero-order valence-corrected chi connectivity index (χ0v) is 31.0. The van der Waals surface area contributed by atoms with Crippen LogP contribution in [0.25, 0.3) is 11.1 Å². The average molecular weight is 794 g/mol. The van der Waals surface area contributed by atoms with Gasteiger partial charge in [-0.2, -0.15) is 0 Å². The van der Waals surface area contributed by atoms with E-state index in [4.69, 9.17) is 14.2 Å². The Kier molecular flexibility index (Phi) is 12.1. The number of esters is 2. The molecule has 6 aromatic carbocycles. The van der Waals surface area contributed by atoms with E-state index in [-0.39, 0.29) is 11.9 Å². The van der Waals surface area contributed by atoms with Gasteiger partial charge < -0.3 is 29.0 Å². The SMILES string of the molecule is COC(=O)c1ccccc1-c1cccc2c1Oc1ccccc1S2.COC(=O)c1ccccc1Br.OB(O)c1cccc2c1Oc1ccccc1S2. The second kappa shape index (κ2) is 17.0. The predicted molar refractivity (Wildman–Crippen MR) is 206 cm³/mol. The molecule has 260 valence electrons. The lowest BCUT2D eigenvalue weighted by molar-refractivity contribution is 0.0591. The molecule has 8 nitrogen and oxygen atoms in total. The van der Waals surface area contributed by atoms with Gasteiger partial charge >= 0.3 is 19.1 Å². The third-order valence-corrected chi connectivity index (χ3v) is 10.6. The molecule has 2 aliphatic rings. The summed E-state index contributed by atoms with van der Waals surface area (Å²) in [6, 6.07) is 41.5. The highest BCUT2D eigenvalue weighted by Crippen LogP contribution is 2.51. The molecule has 12 heteroatoms. The van der Waals surface area contributed by atoms with Crippen LogP contribution in [0.1, 0.15) is 20.7 Å². The molecule has 0 radical (unpaired) electrons. The highest BCUT2D eigenvalue weighted by atomic mass is 79.9. The number of hydrogen-bond acceptors (Lipinski definition) is 10. The molecule has 6 aromatic rings. The second-order valence-electron chi connectivity index (χ2n) is 11.0. The van der Waals surface area contributed by atoms with Gasteiger partial charge in [0.15, 0.2) is 0 Å². The molecule has 0 amide bonds. The van der Waals surface area contributed by atoms with E-state index in [0.717, 1.165) is 52.4 Å². The smallest absolute Gasteiger partial charge is 0.465 e. The summed E-state index contributed by atoms with van der Waals surface area (Å²) in [7, 11) is 1.24. The number of hydrogen-bond donors (Lipinski definition) is 2. The molecular weight excluding hydrogens is 763 g/mol. The van der Waals surface area contributed by atoms with Crippen LogP contribution >= 0.6 is 39.5 Å². The molecule has 2 N–H and O–H groups in total. The van der Waals surface area contributed by atoms with Crippen molar-refractivity contribution >= 4 is 64.0 Å². The fourth-order valence-electron chi connectivity index (χ4n) is 5.28. The van der Waals surface area contributed by atoms with Gasteiger partial charge in [0.1, 0.15) is 23.0 Å². The van der Waals surface area contributed by atoms with Crippen molar-refractivity contribution in [2.75, 3.05) is 14.2 Å². The normalized spacial score (nSPS) is 11.5. The first-order valence-corrected chi connectivity index (χ1v) is 18.2. The molecule has 2 heterocycles. The van der Waals surface area contributed by atoms with E-state index in [1.54, 1.807) is 59.9 Å². The topological polar surface area (TPSA) is 112 Å². The lowest BCUT2D eigenvalue weighted by Crippen LogP contribution is -2.31. The Hall–Kier alpha value is -4.98. The second-order valence-corrected chi connectivity index (χ2v) is 14.0. The number of halogens is 1. The van der Waals surface area contributed by atoms with E-state index >= 15 is 0 Å². The van der Waals surface area contributed by atoms with Gasteiger partial charge in [0.05, 0.1) is 44.9 Å². The Bertz CT molecular complexity index is 2250. The summed E-state index contributed by atoms with van der Waals surface area (Å²) < 4.78 is 22.1. The molecular formula is C40H30BBrO8S2. The number of para-hydroxylation sites is 4. The van der Waals surface area contributed by atoms with Crippen molar-refractivity contribution in [1.29, 1.82) is 0 Å². The molecule has 0 atom stereocenters. The Morgan fingerprint density at radius 2 is 1.02 bits per heavy atom. The summed E-state index contributed by atoms with van der Waals surface area (Å²) in [5.74, 6) is 2.21. The highest BCUT2D eigenvalue weighted by molar-refractivity contribution is 9.10. The summed E-state index contributed by atoms with van der Waals surface area (Å²) in [4.78, 5) is 27.1. The molecule has 0 saturated carbocycles. The predicted octanol–water partition coefficient (Wildman–Crippen LogP) is 9.26. The quantitative estimate of drug-likeness (QED) is 0.132. The maximum Gasteiger partial charge on any atom is 0.492 e. The van der Waals surface area contributed by atoms with Gasteiger partial charge in [0.25, 0.3) is 0 Å². The summed E-state index contributed by atoms with van der Waals surface area (Å²) in [5.41, 5.74) is 3.16. The first kappa shape index (κ1) is 36.8. The van der Waals surface area contributed by atoms with E-state index in [9.17, 15) is 19.6 Å². The fourth-order valence-corrected chi connectivity index (χ4v) is 7.70. The van der Waals surface area contributed by atoms with Crippen LogP contribution in [-0.4, -0.2) is 43.3 Å². The zero-order chi connectivity index (χ0) is 36.6. The van der Waals surface area contributed by atoms with Gasteiger partial charge in [-0.1, -0.05) is 102 Å². The van der Waals surface area contributed by atoms with Crippen molar-refractivity contribution in [1.82, 2.24) is 0 Å². The number of fused-ring (bicyclic) bond motifs is 4. The molecule has 52 heavy (non-hydrogen) atoms. The van der Waals surface area contributed by atoms with Crippen LogP contribution in [0.2, 0.25) is 0 Å². The van der Waals surface area contributed by atoms with E-state index < -0.39 is 7.12 Å². The van der Waals surface area contributed by atoms with Crippen LogP contribution in [0.15, 0.2) is 158 Å². The number of carbonyl (C=O) groups excluding carboxylic acids is 2. The van der Waals surface area contributed by atoms with E-state index in [1.165, 1.54) is 14.2 Å². The number of rotatable bonds is 4. The first-order valence-electron chi connectivity index (χ1n) is 15.8. The zero-order valence-electron chi connectivity index (χ0n) is 27.8. The molecule has 8 rings (SSSR count). The van der Waals surface area contributed by atoms with Crippen LogP contribution in [0.4, 0.5) is 0 Å². The van der Waals surface area contributed by atoms with Gasteiger partial charge in [0, 0.05) is 15.5 Å². The molecule has 0 aromatic heterocycles. The maximum absolute atomic E-state index is 12.1.